The van der Waals surface area contributed by atoms with Crippen LogP contribution in [0.3, 0.4) is 0 Å². The predicted molar refractivity (Wildman–Crippen MR) is 101 cm³/mol. The van der Waals surface area contributed by atoms with Crippen LogP contribution in [0.1, 0.15) is 29.0 Å². The Balaban J connectivity index is 1.48. The molecule has 0 amide bonds. The second-order valence-corrected chi connectivity index (χ2v) is 7.85. The van der Waals surface area contributed by atoms with Crippen molar-refractivity contribution in [3.63, 3.8) is 0 Å². The van der Waals surface area contributed by atoms with Gasteiger partial charge in [-0.1, -0.05) is 0 Å². The third-order valence-electron chi connectivity index (χ3n) is 6.10. The number of rotatable bonds is 2. The van der Waals surface area contributed by atoms with Crippen LogP contribution in [-0.4, -0.2) is 26.2 Å². The molecule has 3 heterocycles. The van der Waals surface area contributed by atoms with Crippen LogP contribution in [0.15, 0.2) is 36.4 Å². The van der Waals surface area contributed by atoms with Crippen molar-refractivity contribution in [2.24, 2.45) is 5.92 Å². The van der Waals surface area contributed by atoms with E-state index in [4.69, 9.17) is 0 Å². The zero-order valence-electron chi connectivity index (χ0n) is 14.9. The molecule has 2 aromatic carbocycles. The van der Waals surface area contributed by atoms with Gasteiger partial charge in [0.2, 0.25) is 0 Å². The van der Waals surface area contributed by atoms with E-state index < -0.39 is 11.7 Å². The Bertz CT molecular complexity index is 860. The van der Waals surface area contributed by atoms with Crippen LogP contribution in [0.25, 0.3) is 0 Å². The van der Waals surface area contributed by atoms with Crippen LogP contribution in [0.5, 0.6) is 0 Å². The van der Waals surface area contributed by atoms with E-state index in [1.54, 1.807) is 0 Å². The average Bonchev–Trinajstić information content (AvgIpc) is 3.10. The molecule has 5 rings (SSSR count). The molecule has 0 aromatic heterocycles. The van der Waals surface area contributed by atoms with Crippen molar-refractivity contribution in [3.8, 4) is 0 Å². The number of alkyl halides is 3. The Kier molecular flexibility index (Phi) is 3.86. The highest BCUT2D eigenvalue weighted by atomic mass is 19.4. The fourth-order valence-electron chi connectivity index (χ4n) is 4.89. The maximum Gasteiger partial charge on any atom is 0.416 e. The lowest BCUT2D eigenvalue weighted by Crippen LogP contribution is -2.40. The van der Waals surface area contributed by atoms with E-state index in [0.29, 0.717) is 17.5 Å². The topological polar surface area (TPSA) is 27.3 Å². The molecule has 2 aromatic rings. The van der Waals surface area contributed by atoms with Crippen LogP contribution < -0.4 is 15.5 Å². The van der Waals surface area contributed by atoms with Gasteiger partial charge in [-0.2, -0.15) is 13.2 Å². The molecule has 0 aliphatic carbocycles. The molecular formula is C21H22F3N3. The number of fused-ring (bicyclic) bond motifs is 2. The number of aryl methyl sites for hydroxylation is 1. The third kappa shape index (κ3) is 2.96. The van der Waals surface area contributed by atoms with E-state index in [1.165, 1.54) is 28.9 Å². The first kappa shape index (κ1) is 16.9. The van der Waals surface area contributed by atoms with Gasteiger partial charge >= 0.3 is 6.18 Å². The van der Waals surface area contributed by atoms with Crippen molar-refractivity contribution in [3.05, 3.63) is 53.1 Å². The summed E-state index contributed by atoms with van der Waals surface area (Å²) in [5.41, 5.74) is 5.19. The number of halogens is 3. The summed E-state index contributed by atoms with van der Waals surface area (Å²) in [6.45, 7) is 4.32. The summed E-state index contributed by atoms with van der Waals surface area (Å²) in [4.78, 5) is 2.53. The molecule has 3 aliphatic heterocycles. The zero-order chi connectivity index (χ0) is 18.6. The number of nitrogens with zero attached hydrogens (tertiary/aromatic N) is 1. The largest absolute Gasteiger partial charge is 0.416 e. The van der Waals surface area contributed by atoms with Crippen LogP contribution in [-0.2, 0) is 12.6 Å². The summed E-state index contributed by atoms with van der Waals surface area (Å²) in [6.07, 6.45) is -2.09. The van der Waals surface area contributed by atoms with Crippen LogP contribution >= 0.6 is 0 Å². The SMILES string of the molecule is FC(F)(F)c1ccc(Nc2cc3c4c(c2)C2CNCC2CN4CCC3)cc1. The van der Waals surface area contributed by atoms with Gasteiger partial charge in [0.1, 0.15) is 0 Å². The van der Waals surface area contributed by atoms with Gasteiger partial charge in [0, 0.05) is 49.2 Å². The van der Waals surface area contributed by atoms with Gasteiger partial charge in [0.25, 0.3) is 0 Å². The van der Waals surface area contributed by atoms with Gasteiger partial charge in [0.05, 0.1) is 5.56 Å². The average molecular weight is 373 g/mol. The van der Waals surface area contributed by atoms with Crippen LogP contribution in [0, 0.1) is 5.92 Å². The second kappa shape index (κ2) is 6.16. The predicted octanol–water partition coefficient (Wildman–Crippen LogP) is 4.52. The van der Waals surface area contributed by atoms with Crippen molar-refractivity contribution < 1.29 is 13.2 Å². The highest BCUT2D eigenvalue weighted by Crippen LogP contribution is 2.46. The van der Waals surface area contributed by atoms with Crippen molar-refractivity contribution in [2.75, 3.05) is 36.4 Å². The van der Waals surface area contributed by atoms with Gasteiger partial charge in [-0.3, -0.25) is 0 Å². The Morgan fingerprint density at radius 2 is 1.85 bits per heavy atom. The quantitative estimate of drug-likeness (QED) is 0.811. The summed E-state index contributed by atoms with van der Waals surface area (Å²) < 4.78 is 38.3. The van der Waals surface area contributed by atoms with Crippen LogP contribution in [0.2, 0.25) is 0 Å². The standard InChI is InChI=1S/C21H22F3N3/c22-21(23,24)15-3-5-16(6-4-15)26-17-8-13-2-1-7-27-12-14-10-25-11-19(14)18(9-17)20(13)27/h3-6,8-9,14,19,25-26H,1-2,7,10-12H2. The van der Waals surface area contributed by atoms with Gasteiger partial charge < -0.3 is 15.5 Å². The number of nitrogens with one attached hydrogen (secondary N) is 2. The number of anilines is 3. The van der Waals surface area contributed by atoms with Crippen molar-refractivity contribution in [1.29, 1.82) is 0 Å². The molecule has 0 radical (unpaired) electrons. The van der Waals surface area contributed by atoms with E-state index in [1.807, 2.05) is 0 Å². The molecular weight excluding hydrogens is 351 g/mol. The van der Waals surface area contributed by atoms with E-state index in [0.717, 1.165) is 56.8 Å². The molecule has 2 atom stereocenters. The minimum absolute atomic E-state index is 0.530. The fourth-order valence-corrected chi connectivity index (χ4v) is 4.89. The summed E-state index contributed by atoms with van der Waals surface area (Å²) in [5.74, 6) is 1.17. The summed E-state index contributed by atoms with van der Waals surface area (Å²) in [5, 5.41) is 6.85. The van der Waals surface area contributed by atoms with Gasteiger partial charge in [-0.25, -0.2) is 0 Å². The Labute approximate surface area is 156 Å². The molecule has 6 heteroatoms. The Hall–Kier alpha value is -2.21. The second-order valence-electron chi connectivity index (χ2n) is 7.85. The molecule has 0 spiro atoms. The number of hydrogen-bond donors (Lipinski definition) is 2. The normalized spacial score (nSPS) is 23.7. The van der Waals surface area contributed by atoms with Gasteiger partial charge in [0.15, 0.2) is 0 Å². The molecule has 2 N–H and O–H groups in total. The summed E-state index contributed by atoms with van der Waals surface area (Å²) >= 11 is 0. The van der Waals surface area contributed by atoms with Gasteiger partial charge in [-0.15, -0.1) is 0 Å². The lowest BCUT2D eigenvalue weighted by molar-refractivity contribution is -0.137. The third-order valence-corrected chi connectivity index (χ3v) is 6.10. The zero-order valence-corrected chi connectivity index (χ0v) is 14.9. The highest BCUT2D eigenvalue weighted by molar-refractivity contribution is 5.73. The monoisotopic (exact) mass is 373 g/mol. The van der Waals surface area contributed by atoms with E-state index in [9.17, 15) is 13.2 Å². The first-order chi connectivity index (χ1) is 13.0. The Morgan fingerprint density at radius 1 is 1.04 bits per heavy atom. The Morgan fingerprint density at radius 3 is 2.63 bits per heavy atom. The maximum atomic E-state index is 12.8. The van der Waals surface area contributed by atoms with Crippen LogP contribution in [0.4, 0.5) is 30.2 Å². The first-order valence-electron chi connectivity index (χ1n) is 9.56. The molecule has 0 saturated carbocycles. The lowest BCUT2D eigenvalue weighted by Gasteiger charge is -2.42. The number of hydrogen-bond acceptors (Lipinski definition) is 3. The summed E-state index contributed by atoms with van der Waals surface area (Å²) in [7, 11) is 0. The smallest absolute Gasteiger partial charge is 0.371 e. The minimum atomic E-state index is -4.30. The van der Waals surface area contributed by atoms with E-state index >= 15 is 0 Å². The van der Waals surface area contributed by atoms with Gasteiger partial charge in [-0.05, 0) is 66.3 Å². The van der Waals surface area contributed by atoms with E-state index in [-0.39, 0.29) is 0 Å². The molecule has 2 unspecified atom stereocenters. The number of benzene rings is 2. The van der Waals surface area contributed by atoms with E-state index in [2.05, 4.69) is 27.7 Å². The highest BCUT2D eigenvalue weighted by Gasteiger charge is 2.39. The molecule has 142 valence electrons. The van der Waals surface area contributed by atoms with Crippen molar-refractivity contribution >= 4 is 17.1 Å². The first-order valence-corrected chi connectivity index (χ1v) is 9.56. The van der Waals surface area contributed by atoms with Crippen molar-refractivity contribution in [1.82, 2.24) is 5.32 Å². The molecule has 1 fully saturated rings. The molecule has 3 nitrogen and oxygen atoms in total. The lowest BCUT2D eigenvalue weighted by atomic mass is 9.80. The van der Waals surface area contributed by atoms with Crippen molar-refractivity contribution in [2.45, 2.75) is 24.9 Å². The summed E-state index contributed by atoms with van der Waals surface area (Å²) in [6, 6.07) is 9.64. The molecule has 3 aliphatic rings. The molecule has 0 bridgehead atoms. The maximum absolute atomic E-state index is 12.8. The fraction of sp³-hybridized carbons (Fsp3) is 0.429. The minimum Gasteiger partial charge on any atom is -0.371 e. The molecule has 27 heavy (non-hydrogen) atoms. The molecule has 1 saturated heterocycles.